The van der Waals surface area contributed by atoms with Crippen molar-refractivity contribution in [3.05, 3.63) is 28.8 Å². The molecule has 1 aliphatic heterocycles. The second kappa shape index (κ2) is 8.39. The summed E-state index contributed by atoms with van der Waals surface area (Å²) in [5.41, 5.74) is 0.978. The third-order valence-corrected chi connectivity index (χ3v) is 4.65. The fraction of sp³-hybridized carbons (Fsp3) is 0.588. The first-order valence-electron chi connectivity index (χ1n) is 7.90. The number of ether oxygens (including phenoxy) is 1. The van der Waals surface area contributed by atoms with E-state index >= 15 is 0 Å². The first-order chi connectivity index (χ1) is 10.6. The van der Waals surface area contributed by atoms with Crippen molar-refractivity contribution in [1.82, 2.24) is 10.6 Å². The third-order valence-electron chi connectivity index (χ3n) is 4.35. The highest BCUT2D eigenvalue weighted by molar-refractivity contribution is 6.32. The molecule has 1 aromatic rings. The Morgan fingerprint density at radius 3 is 3.00 bits per heavy atom. The Balaban J connectivity index is 1.78. The van der Waals surface area contributed by atoms with Crippen molar-refractivity contribution >= 4 is 17.5 Å². The molecule has 1 amide bonds. The quantitative estimate of drug-likeness (QED) is 0.845. The predicted octanol–water partition coefficient (Wildman–Crippen LogP) is 2.99. The van der Waals surface area contributed by atoms with Gasteiger partial charge < -0.3 is 15.4 Å². The SMILES string of the molecule is COc1ccc(CNC(=O)CC(C)C2CCCNC2)cc1Cl. The van der Waals surface area contributed by atoms with Gasteiger partial charge in [-0.2, -0.15) is 0 Å². The highest BCUT2D eigenvalue weighted by atomic mass is 35.5. The van der Waals surface area contributed by atoms with Gasteiger partial charge in [-0.3, -0.25) is 4.79 Å². The van der Waals surface area contributed by atoms with Crippen molar-refractivity contribution in [1.29, 1.82) is 0 Å². The van der Waals surface area contributed by atoms with Crippen LogP contribution in [0.1, 0.15) is 31.7 Å². The number of amides is 1. The van der Waals surface area contributed by atoms with Crippen LogP contribution in [0.3, 0.4) is 0 Å². The zero-order valence-corrected chi connectivity index (χ0v) is 14.1. The van der Waals surface area contributed by atoms with Crippen LogP contribution < -0.4 is 15.4 Å². The van der Waals surface area contributed by atoms with Gasteiger partial charge in [-0.15, -0.1) is 0 Å². The van der Waals surface area contributed by atoms with Gasteiger partial charge in [-0.25, -0.2) is 0 Å². The normalized spacial score (nSPS) is 19.5. The Labute approximate surface area is 137 Å². The molecule has 0 radical (unpaired) electrons. The van der Waals surface area contributed by atoms with Gasteiger partial charge in [0, 0.05) is 13.0 Å². The number of nitrogens with one attached hydrogen (secondary N) is 2. The van der Waals surface area contributed by atoms with Crippen molar-refractivity contribution in [2.24, 2.45) is 11.8 Å². The molecule has 122 valence electrons. The fourth-order valence-corrected chi connectivity index (χ4v) is 3.20. The van der Waals surface area contributed by atoms with E-state index in [1.165, 1.54) is 12.8 Å². The molecule has 22 heavy (non-hydrogen) atoms. The minimum absolute atomic E-state index is 0.102. The van der Waals surface area contributed by atoms with Crippen LogP contribution in [-0.2, 0) is 11.3 Å². The van der Waals surface area contributed by atoms with E-state index in [0.29, 0.717) is 35.6 Å². The van der Waals surface area contributed by atoms with E-state index in [-0.39, 0.29) is 5.91 Å². The molecular formula is C17H25ClN2O2. The smallest absolute Gasteiger partial charge is 0.220 e. The summed E-state index contributed by atoms with van der Waals surface area (Å²) in [6.45, 7) is 4.80. The van der Waals surface area contributed by atoms with Crippen LogP contribution in [0.2, 0.25) is 5.02 Å². The molecule has 1 saturated heterocycles. The fourth-order valence-electron chi connectivity index (χ4n) is 2.92. The standard InChI is InChI=1S/C17H25ClN2O2/c1-12(14-4-3-7-19-11-14)8-17(21)20-10-13-5-6-16(22-2)15(18)9-13/h5-6,9,12,14,19H,3-4,7-8,10-11H2,1-2H3,(H,20,21). The monoisotopic (exact) mass is 324 g/mol. The van der Waals surface area contributed by atoms with Gasteiger partial charge in [0.2, 0.25) is 5.91 Å². The lowest BCUT2D eigenvalue weighted by Gasteiger charge is -2.28. The van der Waals surface area contributed by atoms with E-state index in [0.717, 1.165) is 18.7 Å². The van der Waals surface area contributed by atoms with Crippen molar-refractivity contribution in [3.63, 3.8) is 0 Å². The third kappa shape index (κ3) is 4.89. The average Bonchev–Trinajstić information content (AvgIpc) is 2.54. The average molecular weight is 325 g/mol. The van der Waals surface area contributed by atoms with Crippen molar-refractivity contribution in [2.75, 3.05) is 20.2 Å². The molecule has 2 atom stereocenters. The highest BCUT2D eigenvalue weighted by Gasteiger charge is 2.21. The number of rotatable bonds is 6. The number of carbonyl (C=O) groups excluding carboxylic acids is 1. The van der Waals surface area contributed by atoms with Crippen molar-refractivity contribution in [3.8, 4) is 5.75 Å². The van der Waals surface area contributed by atoms with E-state index in [9.17, 15) is 4.79 Å². The zero-order chi connectivity index (χ0) is 15.9. The molecule has 1 aliphatic rings. The summed E-state index contributed by atoms with van der Waals surface area (Å²) in [6, 6.07) is 5.56. The first kappa shape index (κ1) is 17.1. The van der Waals surface area contributed by atoms with Crippen molar-refractivity contribution < 1.29 is 9.53 Å². The summed E-state index contributed by atoms with van der Waals surface area (Å²) < 4.78 is 5.12. The molecule has 2 unspecified atom stereocenters. The molecule has 0 saturated carbocycles. The van der Waals surface area contributed by atoms with Gasteiger partial charge in [0.25, 0.3) is 0 Å². The maximum absolute atomic E-state index is 12.1. The van der Waals surface area contributed by atoms with Crippen LogP contribution >= 0.6 is 11.6 Å². The van der Waals surface area contributed by atoms with E-state index in [2.05, 4.69) is 17.6 Å². The van der Waals surface area contributed by atoms with E-state index < -0.39 is 0 Å². The molecule has 1 heterocycles. The summed E-state index contributed by atoms with van der Waals surface area (Å²) in [4.78, 5) is 12.1. The van der Waals surface area contributed by atoms with Crippen LogP contribution in [0.5, 0.6) is 5.75 Å². The Hall–Kier alpha value is -1.26. The number of hydrogen-bond donors (Lipinski definition) is 2. The topological polar surface area (TPSA) is 50.4 Å². The summed E-state index contributed by atoms with van der Waals surface area (Å²) in [5.74, 6) is 1.77. The second-order valence-corrected chi connectivity index (χ2v) is 6.44. The van der Waals surface area contributed by atoms with Crippen LogP contribution in [0.15, 0.2) is 18.2 Å². The maximum Gasteiger partial charge on any atom is 0.220 e. The molecular weight excluding hydrogens is 300 g/mol. The molecule has 0 aromatic heterocycles. The Morgan fingerprint density at radius 2 is 2.36 bits per heavy atom. The van der Waals surface area contributed by atoms with Gasteiger partial charge in [0.05, 0.1) is 12.1 Å². The van der Waals surface area contributed by atoms with Gasteiger partial charge in [-0.05, 0) is 55.5 Å². The van der Waals surface area contributed by atoms with E-state index in [4.69, 9.17) is 16.3 Å². The Morgan fingerprint density at radius 1 is 1.55 bits per heavy atom. The molecule has 4 nitrogen and oxygen atoms in total. The molecule has 0 spiro atoms. The minimum Gasteiger partial charge on any atom is -0.495 e. The number of benzene rings is 1. The number of hydrogen-bond acceptors (Lipinski definition) is 3. The Kier molecular flexibility index (Phi) is 6.52. The predicted molar refractivity (Wildman–Crippen MR) is 89.2 cm³/mol. The lowest BCUT2D eigenvalue weighted by atomic mass is 9.85. The molecule has 1 aromatic carbocycles. The zero-order valence-electron chi connectivity index (χ0n) is 13.3. The summed E-state index contributed by atoms with van der Waals surface area (Å²) in [5, 5.41) is 6.95. The lowest BCUT2D eigenvalue weighted by molar-refractivity contribution is -0.122. The number of carbonyl (C=O) groups is 1. The molecule has 0 bridgehead atoms. The van der Waals surface area contributed by atoms with Crippen LogP contribution in [-0.4, -0.2) is 26.1 Å². The molecule has 2 N–H and O–H groups in total. The lowest BCUT2D eigenvalue weighted by Crippen LogP contribution is -2.35. The summed E-state index contributed by atoms with van der Waals surface area (Å²) in [7, 11) is 1.59. The van der Waals surface area contributed by atoms with Crippen LogP contribution in [0.4, 0.5) is 0 Å². The Bertz CT molecular complexity index is 501. The highest BCUT2D eigenvalue weighted by Crippen LogP contribution is 2.25. The number of methoxy groups -OCH3 is 1. The number of halogens is 1. The number of piperidine rings is 1. The molecule has 5 heteroatoms. The first-order valence-corrected chi connectivity index (χ1v) is 8.27. The molecule has 1 fully saturated rings. The van der Waals surface area contributed by atoms with Gasteiger partial charge in [-0.1, -0.05) is 24.6 Å². The van der Waals surface area contributed by atoms with Gasteiger partial charge in [0.15, 0.2) is 0 Å². The maximum atomic E-state index is 12.1. The molecule has 0 aliphatic carbocycles. The van der Waals surface area contributed by atoms with E-state index in [1.54, 1.807) is 7.11 Å². The van der Waals surface area contributed by atoms with E-state index in [1.807, 2.05) is 18.2 Å². The van der Waals surface area contributed by atoms with Gasteiger partial charge >= 0.3 is 0 Å². The van der Waals surface area contributed by atoms with Gasteiger partial charge in [0.1, 0.15) is 5.75 Å². The molecule has 2 rings (SSSR count). The van der Waals surface area contributed by atoms with Crippen LogP contribution in [0, 0.1) is 11.8 Å². The summed E-state index contributed by atoms with van der Waals surface area (Å²) in [6.07, 6.45) is 3.01. The van der Waals surface area contributed by atoms with Crippen molar-refractivity contribution in [2.45, 2.75) is 32.7 Å². The minimum atomic E-state index is 0.102. The summed E-state index contributed by atoms with van der Waals surface area (Å²) >= 11 is 6.09. The second-order valence-electron chi connectivity index (χ2n) is 6.03. The largest absolute Gasteiger partial charge is 0.495 e. The van der Waals surface area contributed by atoms with Crippen LogP contribution in [0.25, 0.3) is 0 Å².